The number of guanidine groups is 1. The number of hydrogen-bond acceptors (Lipinski definition) is 3. The molecule has 0 spiro atoms. The topological polar surface area (TPSA) is 51.4 Å². The summed E-state index contributed by atoms with van der Waals surface area (Å²) in [5, 5.41) is 12.1. The first-order valence-electron chi connectivity index (χ1n) is 7.80. The van der Waals surface area contributed by atoms with Gasteiger partial charge in [-0.2, -0.15) is 5.26 Å². The molecule has 0 unspecified atom stereocenters. The van der Waals surface area contributed by atoms with Crippen LogP contribution in [0.4, 0.5) is 4.39 Å². The SMILES string of the molecule is CN=C(NCc1cc(C#N)ccc1F)N(C)Cc1ccc(SC)cc1.I. The van der Waals surface area contributed by atoms with E-state index in [2.05, 4.69) is 34.6 Å². The number of halogens is 2. The van der Waals surface area contributed by atoms with Crippen LogP contribution in [0, 0.1) is 17.1 Å². The van der Waals surface area contributed by atoms with Gasteiger partial charge in [-0.25, -0.2) is 4.39 Å². The number of aliphatic imine (C=N–C) groups is 1. The smallest absolute Gasteiger partial charge is 0.193 e. The molecule has 0 heterocycles. The van der Waals surface area contributed by atoms with Gasteiger partial charge < -0.3 is 10.2 Å². The van der Waals surface area contributed by atoms with Gasteiger partial charge in [0.1, 0.15) is 5.82 Å². The molecule has 0 atom stereocenters. The van der Waals surface area contributed by atoms with Crippen LogP contribution in [0.1, 0.15) is 16.7 Å². The Morgan fingerprint density at radius 3 is 2.54 bits per heavy atom. The minimum Gasteiger partial charge on any atom is -0.352 e. The minimum absolute atomic E-state index is 0. The average molecular weight is 484 g/mol. The molecule has 0 aromatic heterocycles. The third-order valence-electron chi connectivity index (χ3n) is 3.76. The van der Waals surface area contributed by atoms with Crippen LogP contribution >= 0.6 is 35.7 Å². The summed E-state index contributed by atoms with van der Waals surface area (Å²) in [6.07, 6.45) is 2.05. The average Bonchev–Trinajstić information content (AvgIpc) is 2.64. The van der Waals surface area contributed by atoms with Crippen LogP contribution in [0.2, 0.25) is 0 Å². The summed E-state index contributed by atoms with van der Waals surface area (Å²) in [6, 6.07) is 14.7. The van der Waals surface area contributed by atoms with E-state index < -0.39 is 0 Å². The molecule has 2 rings (SSSR count). The number of benzene rings is 2. The van der Waals surface area contributed by atoms with Crippen molar-refractivity contribution in [3.05, 3.63) is 65.0 Å². The Morgan fingerprint density at radius 1 is 1.27 bits per heavy atom. The highest BCUT2D eigenvalue weighted by molar-refractivity contribution is 14.0. The van der Waals surface area contributed by atoms with Gasteiger partial charge in [0.2, 0.25) is 0 Å². The van der Waals surface area contributed by atoms with E-state index in [1.54, 1.807) is 24.9 Å². The fourth-order valence-corrected chi connectivity index (χ4v) is 2.83. The molecular weight excluding hydrogens is 462 g/mol. The molecule has 0 aliphatic rings. The number of nitrogens with one attached hydrogen (secondary N) is 1. The summed E-state index contributed by atoms with van der Waals surface area (Å²) in [6.45, 7) is 0.957. The van der Waals surface area contributed by atoms with Gasteiger partial charge >= 0.3 is 0 Å². The number of rotatable bonds is 5. The first-order valence-corrected chi connectivity index (χ1v) is 9.03. The second kappa shape index (κ2) is 11.0. The lowest BCUT2D eigenvalue weighted by Crippen LogP contribution is -2.38. The maximum Gasteiger partial charge on any atom is 0.193 e. The van der Waals surface area contributed by atoms with Crippen LogP contribution in [0.25, 0.3) is 0 Å². The van der Waals surface area contributed by atoms with Crippen molar-refractivity contribution >= 4 is 41.7 Å². The molecule has 7 heteroatoms. The summed E-state index contributed by atoms with van der Waals surface area (Å²) in [5.74, 6) is 0.327. The summed E-state index contributed by atoms with van der Waals surface area (Å²) in [5.41, 5.74) is 2.05. The number of thioether (sulfide) groups is 1. The van der Waals surface area contributed by atoms with E-state index >= 15 is 0 Å². The molecule has 1 N–H and O–H groups in total. The van der Waals surface area contributed by atoms with Gasteiger partial charge in [0.05, 0.1) is 11.6 Å². The molecule has 4 nitrogen and oxygen atoms in total. The predicted octanol–water partition coefficient (Wildman–Crippen LogP) is 4.24. The Labute approximate surface area is 175 Å². The standard InChI is InChI=1S/C19H21FN4S.HI/c1-22-19(23-12-16-10-15(11-21)6-9-18(16)20)24(2)13-14-4-7-17(25-3)8-5-14;/h4-10H,12-13H2,1-3H3,(H,22,23);1H. The number of nitriles is 1. The molecule has 0 radical (unpaired) electrons. The van der Waals surface area contributed by atoms with Gasteiger partial charge in [0, 0.05) is 37.6 Å². The lowest BCUT2D eigenvalue weighted by atomic mass is 10.1. The highest BCUT2D eigenvalue weighted by Gasteiger charge is 2.09. The molecule has 138 valence electrons. The van der Waals surface area contributed by atoms with Crippen LogP contribution in [0.5, 0.6) is 0 Å². The highest BCUT2D eigenvalue weighted by atomic mass is 127. The van der Waals surface area contributed by atoms with Crippen molar-refractivity contribution in [1.82, 2.24) is 10.2 Å². The molecule has 0 bridgehead atoms. The Balaban J connectivity index is 0.00000338. The van der Waals surface area contributed by atoms with Crippen molar-refractivity contribution in [2.75, 3.05) is 20.4 Å². The van der Waals surface area contributed by atoms with E-state index in [1.807, 2.05) is 24.3 Å². The van der Waals surface area contributed by atoms with Gasteiger partial charge in [0.25, 0.3) is 0 Å². The lowest BCUT2D eigenvalue weighted by Gasteiger charge is -2.22. The van der Waals surface area contributed by atoms with E-state index in [4.69, 9.17) is 5.26 Å². The lowest BCUT2D eigenvalue weighted by molar-refractivity contribution is 0.475. The van der Waals surface area contributed by atoms with E-state index in [0.717, 1.165) is 0 Å². The van der Waals surface area contributed by atoms with Crippen LogP contribution in [-0.2, 0) is 13.1 Å². The first kappa shape index (κ1) is 22.3. The van der Waals surface area contributed by atoms with E-state index in [1.165, 1.54) is 22.6 Å². The maximum atomic E-state index is 13.9. The van der Waals surface area contributed by atoms with E-state index in [-0.39, 0.29) is 36.3 Å². The van der Waals surface area contributed by atoms with Gasteiger partial charge in [0.15, 0.2) is 5.96 Å². The van der Waals surface area contributed by atoms with Crippen molar-refractivity contribution in [3.8, 4) is 6.07 Å². The predicted molar refractivity (Wildman–Crippen MR) is 116 cm³/mol. The summed E-state index contributed by atoms with van der Waals surface area (Å²) in [7, 11) is 3.62. The number of hydrogen-bond donors (Lipinski definition) is 1. The Kier molecular flexibility index (Phi) is 9.44. The third kappa shape index (κ3) is 6.18. The highest BCUT2D eigenvalue weighted by Crippen LogP contribution is 2.16. The Bertz CT molecular complexity index is 787. The maximum absolute atomic E-state index is 13.9. The molecule has 0 aliphatic heterocycles. The van der Waals surface area contributed by atoms with Crippen molar-refractivity contribution in [2.24, 2.45) is 4.99 Å². The van der Waals surface area contributed by atoms with Crippen LogP contribution in [0.3, 0.4) is 0 Å². The van der Waals surface area contributed by atoms with Gasteiger partial charge in [-0.1, -0.05) is 12.1 Å². The second-order valence-electron chi connectivity index (χ2n) is 5.52. The third-order valence-corrected chi connectivity index (χ3v) is 4.51. The molecule has 0 saturated heterocycles. The van der Waals surface area contributed by atoms with Gasteiger partial charge in [-0.15, -0.1) is 35.7 Å². The van der Waals surface area contributed by atoms with Crippen molar-refractivity contribution in [1.29, 1.82) is 5.26 Å². The summed E-state index contributed by atoms with van der Waals surface area (Å²) in [4.78, 5) is 7.44. The molecule has 2 aromatic carbocycles. The molecule has 26 heavy (non-hydrogen) atoms. The van der Waals surface area contributed by atoms with Crippen molar-refractivity contribution in [2.45, 2.75) is 18.0 Å². The van der Waals surface area contributed by atoms with Crippen molar-refractivity contribution in [3.63, 3.8) is 0 Å². The monoisotopic (exact) mass is 484 g/mol. The number of nitrogens with zero attached hydrogens (tertiary/aromatic N) is 3. The Hall–Kier alpha value is -1.79. The van der Waals surface area contributed by atoms with Crippen LogP contribution < -0.4 is 5.32 Å². The zero-order valence-corrected chi connectivity index (χ0v) is 18.1. The van der Waals surface area contributed by atoms with Crippen molar-refractivity contribution < 1.29 is 4.39 Å². The normalized spacial score (nSPS) is 10.7. The molecule has 0 amide bonds. The summed E-state index contributed by atoms with van der Waals surface area (Å²) >= 11 is 1.71. The largest absolute Gasteiger partial charge is 0.352 e. The molecular formula is C19H22FIN4S. The zero-order chi connectivity index (χ0) is 18.2. The zero-order valence-electron chi connectivity index (χ0n) is 15.0. The van der Waals surface area contributed by atoms with Crippen LogP contribution in [-0.4, -0.2) is 31.2 Å². The fraction of sp³-hybridized carbons (Fsp3) is 0.263. The molecule has 0 fully saturated rings. The fourth-order valence-electron chi connectivity index (χ4n) is 2.42. The van der Waals surface area contributed by atoms with E-state index in [9.17, 15) is 4.39 Å². The Morgan fingerprint density at radius 2 is 1.96 bits per heavy atom. The quantitative estimate of drug-likeness (QED) is 0.299. The van der Waals surface area contributed by atoms with Gasteiger partial charge in [-0.05, 0) is 42.2 Å². The molecule has 0 aliphatic carbocycles. The second-order valence-corrected chi connectivity index (χ2v) is 6.40. The van der Waals surface area contributed by atoms with E-state index in [0.29, 0.717) is 23.6 Å². The molecule has 0 saturated carbocycles. The molecule has 2 aromatic rings. The first-order chi connectivity index (χ1) is 12.1. The van der Waals surface area contributed by atoms with Crippen LogP contribution in [0.15, 0.2) is 52.4 Å². The van der Waals surface area contributed by atoms with Gasteiger partial charge in [-0.3, -0.25) is 4.99 Å². The summed E-state index contributed by atoms with van der Waals surface area (Å²) < 4.78 is 13.9. The minimum atomic E-state index is -0.336.